The molecule has 1 amide bonds. The summed E-state index contributed by atoms with van der Waals surface area (Å²) in [6.07, 6.45) is 6.16. The summed E-state index contributed by atoms with van der Waals surface area (Å²) in [5.74, 6) is 1.23. The van der Waals surface area contributed by atoms with Crippen molar-refractivity contribution < 1.29 is 9.21 Å². The van der Waals surface area contributed by atoms with Crippen LogP contribution in [0.15, 0.2) is 22.6 Å². The second kappa shape index (κ2) is 7.00. The molecule has 5 nitrogen and oxygen atoms in total. The van der Waals surface area contributed by atoms with Crippen LogP contribution < -0.4 is 5.32 Å². The zero-order valence-electron chi connectivity index (χ0n) is 11.5. The summed E-state index contributed by atoms with van der Waals surface area (Å²) >= 11 is 1.42. The minimum atomic E-state index is -0.239. The SMILES string of the molecule is CCCCc1nnc(NC(=O)/C=C/c2ccc(C)o2)s1. The zero-order chi connectivity index (χ0) is 14.4. The number of furan rings is 1. The number of hydrogen-bond acceptors (Lipinski definition) is 5. The van der Waals surface area contributed by atoms with E-state index in [0.29, 0.717) is 10.9 Å². The molecule has 0 unspecified atom stereocenters. The first-order valence-electron chi connectivity index (χ1n) is 6.55. The number of aryl methyl sites for hydroxylation is 2. The molecule has 0 bridgehead atoms. The summed E-state index contributed by atoms with van der Waals surface area (Å²) in [6, 6.07) is 3.66. The highest BCUT2D eigenvalue weighted by atomic mass is 32.1. The maximum Gasteiger partial charge on any atom is 0.250 e. The maximum absolute atomic E-state index is 11.7. The Labute approximate surface area is 121 Å². The van der Waals surface area contributed by atoms with E-state index in [1.807, 2.05) is 19.1 Å². The lowest BCUT2D eigenvalue weighted by Gasteiger charge is -1.94. The molecule has 0 aliphatic rings. The van der Waals surface area contributed by atoms with Crippen molar-refractivity contribution in [1.82, 2.24) is 10.2 Å². The summed E-state index contributed by atoms with van der Waals surface area (Å²) < 4.78 is 5.34. The first-order valence-corrected chi connectivity index (χ1v) is 7.37. The Morgan fingerprint density at radius 1 is 1.45 bits per heavy atom. The van der Waals surface area contributed by atoms with Gasteiger partial charge in [-0.15, -0.1) is 10.2 Å². The number of anilines is 1. The lowest BCUT2D eigenvalue weighted by Crippen LogP contribution is -2.07. The van der Waals surface area contributed by atoms with Gasteiger partial charge < -0.3 is 4.42 Å². The van der Waals surface area contributed by atoms with Crippen LogP contribution in [-0.2, 0) is 11.2 Å². The van der Waals surface area contributed by atoms with E-state index < -0.39 is 0 Å². The van der Waals surface area contributed by atoms with E-state index in [9.17, 15) is 4.79 Å². The molecule has 20 heavy (non-hydrogen) atoms. The van der Waals surface area contributed by atoms with Crippen molar-refractivity contribution in [3.8, 4) is 0 Å². The fourth-order valence-electron chi connectivity index (χ4n) is 1.58. The Bertz CT molecular complexity index is 601. The molecule has 0 spiro atoms. The number of hydrogen-bond donors (Lipinski definition) is 1. The van der Waals surface area contributed by atoms with E-state index in [4.69, 9.17) is 4.42 Å². The third-order valence-electron chi connectivity index (χ3n) is 2.60. The Hall–Kier alpha value is -1.95. The molecule has 2 aromatic rings. The molecule has 0 fully saturated rings. The molecule has 106 valence electrons. The molecule has 0 atom stereocenters. The van der Waals surface area contributed by atoms with Gasteiger partial charge in [0.1, 0.15) is 16.5 Å². The Morgan fingerprint density at radius 2 is 2.30 bits per heavy atom. The summed E-state index contributed by atoms with van der Waals surface area (Å²) in [5, 5.41) is 12.2. The highest BCUT2D eigenvalue weighted by molar-refractivity contribution is 7.15. The predicted molar refractivity (Wildman–Crippen MR) is 79.6 cm³/mol. The normalized spacial score (nSPS) is 11.1. The molecule has 2 aromatic heterocycles. The van der Waals surface area contributed by atoms with Crippen molar-refractivity contribution in [1.29, 1.82) is 0 Å². The predicted octanol–water partition coefficient (Wildman–Crippen LogP) is 3.43. The first kappa shape index (κ1) is 14.5. The van der Waals surface area contributed by atoms with Crippen molar-refractivity contribution in [3.05, 3.63) is 34.7 Å². The number of amides is 1. The van der Waals surface area contributed by atoms with Crippen LogP contribution in [0.4, 0.5) is 5.13 Å². The largest absolute Gasteiger partial charge is 0.462 e. The van der Waals surface area contributed by atoms with Gasteiger partial charge in [-0.25, -0.2) is 0 Å². The van der Waals surface area contributed by atoms with Gasteiger partial charge in [-0.3, -0.25) is 10.1 Å². The second-order valence-electron chi connectivity index (χ2n) is 4.38. The standard InChI is InChI=1S/C14H17N3O2S/c1-3-4-5-13-16-17-14(20-13)15-12(18)9-8-11-7-6-10(2)19-11/h6-9H,3-5H2,1-2H3,(H,15,17,18)/b9-8+. The van der Waals surface area contributed by atoms with Crippen LogP contribution >= 0.6 is 11.3 Å². The third kappa shape index (κ3) is 4.31. The number of aromatic nitrogens is 2. The number of carbonyl (C=O) groups is 1. The highest BCUT2D eigenvalue weighted by Gasteiger charge is 2.06. The Morgan fingerprint density at radius 3 is 3.00 bits per heavy atom. The van der Waals surface area contributed by atoms with Crippen LogP contribution in [-0.4, -0.2) is 16.1 Å². The monoisotopic (exact) mass is 291 g/mol. The lowest BCUT2D eigenvalue weighted by molar-refractivity contribution is -0.111. The van der Waals surface area contributed by atoms with Gasteiger partial charge in [0.05, 0.1) is 0 Å². The molecule has 2 rings (SSSR count). The summed E-state index contributed by atoms with van der Waals surface area (Å²) in [7, 11) is 0. The van der Waals surface area contributed by atoms with E-state index >= 15 is 0 Å². The molecule has 1 N–H and O–H groups in total. The molecule has 0 aromatic carbocycles. The van der Waals surface area contributed by atoms with Crippen molar-refractivity contribution in [2.45, 2.75) is 33.1 Å². The second-order valence-corrected chi connectivity index (χ2v) is 5.44. The van der Waals surface area contributed by atoms with Crippen LogP contribution in [0.3, 0.4) is 0 Å². The number of carbonyl (C=O) groups excluding carboxylic acids is 1. The fraction of sp³-hybridized carbons (Fsp3) is 0.357. The molecule has 0 aliphatic carbocycles. The average Bonchev–Trinajstić information content (AvgIpc) is 3.03. The molecule has 0 radical (unpaired) electrons. The van der Waals surface area contributed by atoms with E-state index in [2.05, 4.69) is 22.4 Å². The van der Waals surface area contributed by atoms with E-state index in [0.717, 1.165) is 30.0 Å². The summed E-state index contributed by atoms with van der Waals surface area (Å²) in [5.41, 5.74) is 0. The van der Waals surface area contributed by atoms with Crippen LogP contribution in [0, 0.1) is 6.92 Å². The van der Waals surface area contributed by atoms with Crippen LogP contribution in [0.1, 0.15) is 36.3 Å². The molecular formula is C14H17N3O2S. The molecular weight excluding hydrogens is 274 g/mol. The minimum Gasteiger partial charge on any atom is -0.462 e. The van der Waals surface area contributed by atoms with Gasteiger partial charge in [-0.05, 0) is 31.6 Å². The van der Waals surface area contributed by atoms with Crippen LogP contribution in [0.2, 0.25) is 0 Å². The number of nitrogens with one attached hydrogen (secondary N) is 1. The van der Waals surface area contributed by atoms with Crippen molar-refractivity contribution in [3.63, 3.8) is 0 Å². The first-order chi connectivity index (χ1) is 9.67. The highest BCUT2D eigenvalue weighted by Crippen LogP contribution is 2.17. The molecule has 0 saturated heterocycles. The summed E-state index contributed by atoms with van der Waals surface area (Å²) in [6.45, 7) is 3.99. The van der Waals surface area contributed by atoms with Gasteiger partial charge in [0, 0.05) is 12.5 Å². The van der Waals surface area contributed by atoms with Crippen molar-refractivity contribution in [2.75, 3.05) is 5.32 Å². The molecule has 0 saturated carbocycles. The van der Waals surface area contributed by atoms with Gasteiger partial charge >= 0.3 is 0 Å². The van der Waals surface area contributed by atoms with E-state index in [1.165, 1.54) is 17.4 Å². The van der Waals surface area contributed by atoms with Crippen molar-refractivity contribution in [2.24, 2.45) is 0 Å². The van der Waals surface area contributed by atoms with Crippen LogP contribution in [0.5, 0.6) is 0 Å². The van der Waals surface area contributed by atoms with Gasteiger partial charge in [0.25, 0.3) is 0 Å². The molecule has 6 heteroatoms. The smallest absolute Gasteiger partial charge is 0.250 e. The van der Waals surface area contributed by atoms with Crippen LogP contribution in [0.25, 0.3) is 6.08 Å². The average molecular weight is 291 g/mol. The fourth-order valence-corrected chi connectivity index (χ4v) is 2.37. The third-order valence-corrected chi connectivity index (χ3v) is 3.50. The zero-order valence-corrected chi connectivity index (χ0v) is 12.4. The Balaban J connectivity index is 1.87. The summed E-state index contributed by atoms with van der Waals surface area (Å²) in [4.78, 5) is 11.7. The Kier molecular flexibility index (Phi) is 5.06. The molecule has 0 aliphatic heterocycles. The van der Waals surface area contributed by atoms with E-state index in [-0.39, 0.29) is 5.91 Å². The quantitative estimate of drug-likeness (QED) is 0.828. The number of unbranched alkanes of at least 4 members (excludes halogenated alkanes) is 1. The maximum atomic E-state index is 11.7. The minimum absolute atomic E-state index is 0.239. The topological polar surface area (TPSA) is 68.0 Å². The number of nitrogens with zero attached hydrogens (tertiary/aromatic N) is 2. The van der Waals surface area contributed by atoms with Gasteiger partial charge in [0.15, 0.2) is 0 Å². The van der Waals surface area contributed by atoms with Gasteiger partial charge in [-0.2, -0.15) is 0 Å². The van der Waals surface area contributed by atoms with Crippen molar-refractivity contribution >= 4 is 28.5 Å². The van der Waals surface area contributed by atoms with Gasteiger partial charge in [-0.1, -0.05) is 24.7 Å². The van der Waals surface area contributed by atoms with E-state index in [1.54, 1.807) is 6.08 Å². The van der Waals surface area contributed by atoms with Gasteiger partial charge in [0.2, 0.25) is 11.0 Å². The lowest BCUT2D eigenvalue weighted by atomic mass is 10.3. The number of rotatable bonds is 6. The molecule has 2 heterocycles.